The summed E-state index contributed by atoms with van der Waals surface area (Å²) in [7, 11) is -4.38. The number of phosphoric ester groups is 1. The Morgan fingerprint density at radius 2 is 0.803 bits per heavy atom. The second-order valence-electron chi connectivity index (χ2n) is 17.8. The first-order valence-corrected chi connectivity index (χ1v) is 27.7. The molecular formula is C51H100NO8P. The molecule has 0 aromatic carbocycles. The fraction of sp³-hybridized carbons (Fsp3) is 0.922. The smallest absolute Gasteiger partial charge is 0.462 e. The molecule has 0 bridgehead atoms. The van der Waals surface area contributed by atoms with Gasteiger partial charge in [-0.15, -0.1) is 0 Å². The lowest BCUT2D eigenvalue weighted by atomic mass is 10.0. The number of hydrogen-bond donors (Lipinski definition) is 2. The van der Waals surface area contributed by atoms with Gasteiger partial charge in [0.2, 0.25) is 0 Å². The average molecular weight is 886 g/mol. The second-order valence-corrected chi connectivity index (χ2v) is 19.2. The summed E-state index contributed by atoms with van der Waals surface area (Å²) in [5.41, 5.74) is 5.37. The summed E-state index contributed by atoms with van der Waals surface area (Å²) in [5, 5.41) is 0. The number of ether oxygens (including phenoxy) is 2. The first kappa shape index (κ1) is 59.8. The van der Waals surface area contributed by atoms with Crippen LogP contribution in [0.1, 0.15) is 271 Å². The van der Waals surface area contributed by atoms with E-state index in [0.717, 1.165) is 32.1 Å². The third kappa shape index (κ3) is 48.1. The molecule has 362 valence electrons. The minimum absolute atomic E-state index is 0.0566. The van der Waals surface area contributed by atoms with Gasteiger partial charge in [0.05, 0.1) is 13.2 Å². The van der Waals surface area contributed by atoms with E-state index in [1.54, 1.807) is 0 Å². The molecule has 10 heteroatoms. The van der Waals surface area contributed by atoms with Crippen LogP contribution in [0.5, 0.6) is 0 Å². The van der Waals surface area contributed by atoms with Crippen molar-refractivity contribution >= 4 is 19.8 Å². The molecule has 3 N–H and O–H groups in total. The zero-order chi connectivity index (χ0) is 44.6. The molecule has 0 radical (unpaired) electrons. The summed E-state index contributed by atoms with van der Waals surface area (Å²) < 4.78 is 33.0. The summed E-state index contributed by atoms with van der Waals surface area (Å²) in [6.45, 7) is 3.79. The van der Waals surface area contributed by atoms with Crippen molar-refractivity contribution < 1.29 is 37.6 Å². The van der Waals surface area contributed by atoms with Crippen LogP contribution in [-0.4, -0.2) is 49.3 Å². The standard InChI is InChI=1S/C51H100NO8P/c1-3-5-7-9-11-13-15-17-19-21-23-24-26-28-30-32-34-36-38-40-42-44-51(54)60-49(48-59-61(55,56)58-46-45-52)47-57-50(53)43-41-39-37-35-33-31-29-27-25-22-20-18-16-14-12-10-8-6-4-2/h17,19,49H,3-16,18,20-48,52H2,1-2H3,(H,55,56). The molecule has 0 aliphatic carbocycles. The van der Waals surface area contributed by atoms with Crippen molar-refractivity contribution in [3.63, 3.8) is 0 Å². The first-order chi connectivity index (χ1) is 29.8. The van der Waals surface area contributed by atoms with Gasteiger partial charge in [-0.2, -0.15) is 0 Å². The highest BCUT2D eigenvalue weighted by atomic mass is 31.2. The van der Waals surface area contributed by atoms with Crippen molar-refractivity contribution in [2.75, 3.05) is 26.4 Å². The number of esters is 2. The van der Waals surface area contributed by atoms with Crippen molar-refractivity contribution in [2.45, 2.75) is 277 Å². The van der Waals surface area contributed by atoms with Crippen LogP contribution in [0.4, 0.5) is 0 Å². The van der Waals surface area contributed by atoms with E-state index in [1.165, 1.54) is 205 Å². The van der Waals surface area contributed by atoms with E-state index in [2.05, 4.69) is 26.0 Å². The van der Waals surface area contributed by atoms with Crippen LogP contribution in [0.15, 0.2) is 12.2 Å². The van der Waals surface area contributed by atoms with E-state index in [0.29, 0.717) is 6.42 Å². The fourth-order valence-electron chi connectivity index (χ4n) is 7.75. The third-order valence-corrected chi connectivity index (χ3v) is 12.6. The van der Waals surface area contributed by atoms with Gasteiger partial charge in [-0.05, 0) is 38.5 Å². The Morgan fingerprint density at radius 1 is 0.475 bits per heavy atom. The SMILES string of the molecule is CCCCCCCCC=CCCCCCCCCCCCCCC(=O)OC(COC(=O)CCCCCCCCCCCCCCCCCCCCC)COP(=O)(O)OCCN. The lowest BCUT2D eigenvalue weighted by molar-refractivity contribution is -0.161. The van der Waals surface area contributed by atoms with Gasteiger partial charge >= 0.3 is 19.8 Å². The molecule has 0 saturated carbocycles. The van der Waals surface area contributed by atoms with Gasteiger partial charge in [0.15, 0.2) is 6.10 Å². The molecule has 0 aliphatic heterocycles. The van der Waals surface area contributed by atoms with Crippen LogP contribution in [-0.2, 0) is 32.7 Å². The molecule has 0 saturated heterocycles. The minimum Gasteiger partial charge on any atom is -0.462 e. The molecule has 0 spiro atoms. The zero-order valence-corrected chi connectivity index (χ0v) is 41.1. The molecule has 0 amide bonds. The average Bonchev–Trinajstić information content (AvgIpc) is 3.25. The molecule has 0 rings (SSSR count). The molecule has 2 atom stereocenters. The molecule has 61 heavy (non-hydrogen) atoms. The molecule has 0 aromatic rings. The Balaban J connectivity index is 4.00. The van der Waals surface area contributed by atoms with Crippen LogP contribution < -0.4 is 5.73 Å². The number of rotatable bonds is 50. The summed E-state index contributed by atoms with van der Waals surface area (Å²) in [5.74, 6) is -0.811. The van der Waals surface area contributed by atoms with Gasteiger partial charge in [0.25, 0.3) is 0 Å². The van der Waals surface area contributed by atoms with E-state index in [4.69, 9.17) is 24.3 Å². The van der Waals surface area contributed by atoms with Gasteiger partial charge in [0.1, 0.15) is 6.61 Å². The monoisotopic (exact) mass is 886 g/mol. The normalized spacial score (nSPS) is 13.2. The van der Waals surface area contributed by atoms with E-state index < -0.39 is 26.5 Å². The highest BCUT2D eigenvalue weighted by Crippen LogP contribution is 2.43. The van der Waals surface area contributed by atoms with Crippen molar-refractivity contribution in [1.82, 2.24) is 0 Å². The number of unbranched alkanes of at least 4 members (excludes halogenated alkanes) is 35. The van der Waals surface area contributed by atoms with Gasteiger partial charge < -0.3 is 20.1 Å². The van der Waals surface area contributed by atoms with Crippen LogP contribution in [0, 0.1) is 0 Å². The topological polar surface area (TPSA) is 134 Å². The van der Waals surface area contributed by atoms with Crippen LogP contribution in [0.3, 0.4) is 0 Å². The number of allylic oxidation sites excluding steroid dienone is 2. The first-order valence-electron chi connectivity index (χ1n) is 26.2. The molecule has 0 aromatic heterocycles. The van der Waals surface area contributed by atoms with Gasteiger partial charge in [-0.25, -0.2) is 4.57 Å². The van der Waals surface area contributed by atoms with Crippen molar-refractivity contribution in [1.29, 1.82) is 0 Å². The summed E-state index contributed by atoms with van der Waals surface area (Å²) in [4.78, 5) is 35.1. The number of nitrogens with two attached hydrogens (primary N) is 1. The lowest BCUT2D eigenvalue weighted by Crippen LogP contribution is -2.29. The minimum atomic E-state index is -4.38. The van der Waals surface area contributed by atoms with Gasteiger partial charge in [-0.1, -0.05) is 231 Å². The Hall–Kier alpha value is -1.25. The Kier molecular flexibility index (Phi) is 47.2. The van der Waals surface area contributed by atoms with Crippen molar-refractivity contribution in [3.05, 3.63) is 12.2 Å². The Bertz CT molecular complexity index is 1010. The second kappa shape index (κ2) is 48.2. The summed E-state index contributed by atoms with van der Waals surface area (Å²) in [6, 6.07) is 0. The maximum absolute atomic E-state index is 12.7. The fourth-order valence-corrected chi connectivity index (χ4v) is 8.52. The number of phosphoric acid groups is 1. The molecule has 9 nitrogen and oxygen atoms in total. The zero-order valence-electron chi connectivity index (χ0n) is 40.2. The Labute approximate surface area is 377 Å². The largest absolute Gasteiger partial charge is 0.472 e. The van der Waals surface area contributed by atoms with Gasteiger partial charge in [0, 0.05) is 19.4 Å². The van der Waals surface area contributed by atoms with Gasteiger partial charge in [-0.3, -0.25) is 18.6 Å². The highest BCUT2D eigenvalue weighted by molar-refractivity contribution is 7.47. The predicted molar refractivity (Wildman–Crippen MR) is 257 cm³/mol. The molecular weight excluding hydrogens is 786 g/mol. The quantitative estimate of drug-likeness (QED) is 0.0265. The van der Waals surface area contributed by atoms with Crippen LogP contribution in [0.25, 0.3) is 0 Å². The summed E-state index contributed by atoms with van der Waals surface area (Å²) >= 11 is 0. The molecule has 2 unspecified atom stereocenters. The lowest BCUT2D eigenvalue weighted by Gasteiger charge is -2.19. The number of carbonyl (C=O) groups excluding carboxylic acids is 2. The maximum atomic E-state index is 12.7. The van der Waals surface area contributed by atoms with Crippen molar-refractivity contribution in [2.24, 2.45) is 5.73 Å². The number of carbonyl (C=O) groups is 2. The molecule has 0 fully saturated rings. The van der Waals surface area contributed by atoms with E-state index in [-0.39, 0.29) is 38.6 Å². The van der Waals surface area contributed by atoms with Crippen LogP contribution in [0.2, 0.25) is 0 Å². The Morgan fingerprint density at radius 3 is 1.16 bits per heavy atom. The molecule has 0 aliphatic rings. The third-order valence-electron chi connectivity index (χ3n) is 11.7. The predicted octanol–water partition coefficient (Wildman–Crippen LogP) is 15.7. The van der Waals surface area contributed by atoms with Crippen LogP contribution >= 0.6 is 7.82 Å². The highest BCUT2D eigenvalue weighted by Gasteiger charge is 2.26. The van der Waals surface area contributed by atoms with E-state index in [1.807, 2.05) is 0 Å². The van der Waals surface area contributed by atoms with Crippen molar-refractivity contribution in [3.8, 4) is 0 Å². The van der Waals surface area contributed by atoms with E-state index >= 15 is 0 Å². The maximum Gasteiger partial charge on any atom is 0.472 e. The van der Waals surface area contributed by atoms with E-state index in [9.17, 15) is 19.0 Å². The summed E-state index contributed by atoms with van der Waals surface area (Å²) in [6.07, 6.45) is 52.5. The number of hydrogen-bond acceptors (Lipinski definition) is 8. The molecule has 0 heterocycles.